The predicted molar refractivity (Wildman–Crippen MR) is 95.4 cm³/mol. The highest BCUT2D eigenvalue weighted by molar-refractivity contribution is 5.78. The number of furan rings is 1. The molecule has 0 spiro atoms. The van der Waals surface area contributed by atoms with E-state index in [1.807, 2.05) is 24.8 Å². The number of piperazine rings is 1. The number of urea groups is 1. The fraction of sp³-hybridized carbons (Fsp3) is 0.684. The lowest BCUT2D eigenvalue weighted by molar-refractivity contribution is -0.132. The lowest BCUT2D eigenvalue weighted by Crippen LogP contribution is -2.54. The lowest BCUT2D eigenvalue weighted by atomic mass is 10.2. The quantitative estimate of drug-likeness (QED) is 0.890. The molecule has 138 valence electrons. The maximum absolute atomic E-state index is 12.4. The molecule has 1 saturated heterocycles. The van der Waals surface area contributed by atoms with Crippen LogP contribution in [0.25, 0.3) is 0 Å². The molecule has 2 heterocycles. The van der Waals surface area contributed by atoms with Crippen molar-refractivity contribution < 1.29 is 14.0 Å². The van der Waals surface area contributed by atoms with Crippen LogP contribution in [0.3, 0.4) is 0 Å². The molecule has 2 atom stereocenters. The summed E-state index contributed by atoms with van der Waals surface area (Å²) in [6, 6.07) is 4.14. The molecule has 6 nitrogen and oxygen atoms in total. The van der Waals surface area contributed by atoms with E-state index in [0.29, 0.717) is 44.9 Å². The Morgan fingerprint density at radius 2 is 1.84 bits per heavy atom. The van der Waals surface area contributed by atoms with Gasteiger partial charge in [0.25, 0.3) is 0 Å². The molecule has 6 heteroatoms. The van der Waals surface area contributed by atoms with E-state index in [9.17, 15) is 9.59 Å². The van der Waals surface area contributed by atoms with E-state index in [-0.39, 0.29) is 18.0 Å². The van der Waals surface area contributed by atoms with Crippen LogP contribution in [0.15, 0.2) is 16.5 Å². The highest BCUT2D eigenvalue weighted by Gasteiger charge is 2.36. The third-order valence-electron chi connectivity index (χ3n) is 5.07. The van der Waals surface area contributed by atoms with Gasteiger partial charge in [-0.25, -0.2) is 4.79 Å². The summed E-state index contributed by atoms with van der Waals surface area (Å²) in [5, 5.41) is 2.89. The summed E-state index contributed by atoms with van der Waals surface area (Å²) in [4.78, 5) is 28.0. The van der Waals surface area contributed by atoms with Crippen molar-refractivity contribution in [3.8, 4) is 0 Å². The predicted octanol–water partition coefficient (Wildman–Crippen LogP) is 2.60. The number of hydrogen-bond acceptors (Lipinski definition) is 3. The van der Waals surface area contributed by atoms with Crippen LogP contribution in [-0.4, -0.2) is 54.0 Å². The Bertz CT molecular complexity index is 617. The number of amides is 3. The molecule has 0 bridgehead atoms. The first-order valence-corrected chi connectivity index (χ1v) is 9.36. The molecule has 1 aromatic heterocycles. The summed E-state index contributed by atoms with van der Waals surface area (Å²) in [7, 11) is 0. The standard InChI is InChI=1S/C19H29N3O3/c1-13(2)20-19(24)22-10-8-21(9-11-22)18(23)7-5-15-4-6-17(25-15)16-12-14(16)3/h4,6,13-14,16H,5,7-12H2,1-3H3,(H,20,24)/t14-,16+/m1/s1. The lowest BCUT2D eigenvalue weighted by Gasteiger charge is -2.35. The normalized spacial score (nSPS) is 23.0. The molecule has 1 saturated carbocycles. The average Bonchev–Trinajstić information content (AvgIpc) is 3.13. The Morgan fingerprint density at radius 1 is 1.20 bits per heavy atom. The molecule has 1 aliphatic heterocycles. The van der Waals surface area contributed by atoms with Gasteiger partial charge in [-0.15, -0.1) is 0 Å². The maximum Gasteiger partial charge on any atom is 0.317 e. The zero-order valence-electron chi connectivity index (χ0n) is 15.5. The van der Waals surface area contributed by atoms with Crippen LogP contribution in [-0.2, 0) is 11.2 Å². The largest absolute Gasteiger partial charge is 0.466 e. The molecule has 2 fully saturated rings. The topological polar surface area (TPSA) is 65.8 Å². The van der Waals surface area contributed by atoms with Crippen LogP contribution in [0, 0.1) is 5.92 Å². The van der Waals surface area contributed by atoms with Crippen molar-refractivity contribution in [2.24, 2.45) is 5.92 Å². The van der Waals surface area contributed by atoms with Gasteiger partial charge in [0.1, 0.15) is 11.5 Å². The van der Waals surface area contributed by atoms with Gasteiger partial charge in [0.05, 0.1) is 0 Å². The highest BCUT2D eigenvalue weighted by atomic mass is 16.3. The van der Waals surface area contributed by atoms with E-state index < -0.39 is 0 Å². The summed E-state index contributed by atoms with van der Waals surface area (Å²) < 4.78 is 5.87. The van der Waals surface area contributed by atoms with Crippen LogP contribution in [0.5, 0.6) is 0 Å². The van der Waals surface area contributed by atoms with Crippen LogP contribution < -0.4 is 5.32 Å². The van der Waals surface area contributed by atoms with Crippen molar-refractivity contribution in [1.82, 2.24) is 15.1 Å². The van der Waals surface area contributed by atoms with Crippen LogP contribution >= 0.6 is 0 Å². The third-order valence-corrected chi connectivity index (χ3v) is 5.07. The van der Waals surface area contributed by atoms with E-state index in [1.165, 1.54) is 6.42 Å². The number of nitrogens with one attached hydrogen (secondary N) is 1. The molecular formula is C19H29N3O3. The number of nitrogens with zero attached hydrogens (tertiary/aromatic N) is 2. The van der Waals surface area contributed by atoms with Gasteiger partial charge in [0, 0.05) is 51.0 Å². The molecule has 3 rings (SSSR count). The molecule has 3 amide bonds. The SMILES string of the molecule is CC(C)NC(=O)N1CCN(C(=O)CCc2ccc([C@H]3C[C@H]3C)o2)CC1. The molecule has 1 aliphatic carbocycles. The van der Waals surface area contributed by atoms with Gasteiger partial charge in [-0.1, -0.05) is 6.92 Å². The molecule has 0 radical (unpaired) electrons. The number of carbonyl (C=O) groups excluding carboxylic acids is 2. The van der Waals surface area contributed by atoms with E-state index in [0.717, 1.165) is 17.4 Å². The van der Waals surface area contributed by atoms with Crippen molar-refractivity contribution in [2.45, 2.75) is 52.0 Å². The van der Waals surface area contributed by atoms with Gasteiger partial charge < -0.3 is 19.5 Å². The molecular weight excluding hydrogens is 318 g/mol. The second-order valence-electron chi connectivity index (χ2n) is 7.60. The number of aryl methyl sites for hydroxylation is 1. The van der Waals surface area contributed by atoms with Crippen molar-refractivity contribution in [3.05, 3.63) is 23.7 Å². The highest BCUT2D eigenvalue weighted by Crippen LogP contribution is 2.47. The Kier molecular flexibility index (Phi) is 5.35. The first kappa shape index (κ1) is 17.8. The van der Waals surface area contributed by atoms with Crippen LogP contribution in [0.4, 0.5) is 4.79 Å². The molecule has 0 unspecified atom stereocenters. The second kappa shape index (κ2) is 7.50. The summed E-state index contributed by atoms with van der Waals surface area (Å²) >= 11 is 0. The van der Waals surface area contributed by atoms with Gasteiger partial charge in [0.15, 0.2) is 0 Å². The Morgan fingerprint density at radius 3 is 2.44 bits per heavy atom. The molecule has 1 N–H and O–H groups in total. The van der Waals surface area contributed by atoms with Gasteiger partial charge in [0.2, 0.25) is 5.91 Å². The Hall–Kier alpha value is -1.98. The fourth-order valence-corrected chi connectivity index (χ4v) is 3.33. The average molecular weight is 347 g/mol. The minimum absolute atomic E-state index is 0.0421. The number of hydrogen-bond donors (Lipinski definition) is 1. The van der Waals surface area contributed by atoms with Crippen molar-refractivity contribution in [1.29, 1.82) is 0 Å². The summed E-state index contributed by atoms with van der Waals surface area (Å²) in [6.07, 6.45) is 2.32. The van der Waals surface area contributed by atoms with Crippen molar-refractivity contribution in [2.75, 3.05) is 26.2 Å². The van der Waals surface area contributed by atoms with Gasteiger partial charge in [-0.3, -0.25) is 4.79 Å². The zero-order valence-corrected chi connectivity index (χ0v) is 15.5. The number of carbonyl (C=O) groups is 2. The molecule has 25 heavy (non-hydrogen) atoms. The molecule has 1 aromatic rings. The minimum Gasteiger partial charge on any atom is -0.466 e. The van der Waals surface area contributed by atoms with Gasteiger partial charge in [-0.2, -0.15) is 0 Å². The Labute approximate surface area is 149 Å². The van der Waals surface area contributed by atoms with Crippen LogP contribution in [0.1, 0.15) is 51.1 Å². The number of rotatable bonds is 5. The first-order valence-electron chi connectivity index (χ1n) is 9.36. The second-order valence-corrected chi connectivity index (χ2v) is 7.60. The van der Waals surface area contributed by atoms with Crippen LogP contribution in [0.2, 0.25) is 0 Å². The zero-order chi connectivity index (χ0) is 18.0. The first-order chi connectivity index (χ1) is 11.9. The summed E-state index contributed by atoms with van der Waals surface area (Å²) in [5.74, 6) is 3.41. The van der Waals surface area contributed by atoms with E-state index in [4.69, 9.17) is 4.42 Å². The maximum atomic E-state index is 12.4. The van der Waals surface area contributed by atoms with Gasteiger partial charge in [-0.05, 0) is 38.3 Å². The minimum atomic E-state index is -0.0421. The van der Waals surface area contributed by atoms with E-state index in [2.05, 4.69) is 18.3 Å². The van der Waals surface area contributed by atoms with Crippen molar-refractivity contribution in [3.63, 3.8) is 0 Å². The van der Waals surface area contributed by atoms with E-state index >= 15 is 0 Å². The van der Waals surface area contributed by atoms with E-state index in [1.54, 1.807) is 4.90 Å². The summed E-state index contributed by atoms with van der Waals surface area (Å²) in [6.45, 7) is 8.52. The fourth-order valence-electron chi connectivity index (χ4n) is 3.33. The smallest absolute Gasteiger partial charge is 0.317 e. The third kappa shape index (κ3) is 4.55. The summed E-state index contributed by atoms with van der Waals surface area (Å²) in [5.41, 5.74) is 0. The monoisotopic (exact) mass is 347 g/mol. The Balaban J connectivity index is 1.40. The molecule has 0 aromatic carbocycles. The van der Waals surface area contributed by atoms with Gasteiger partial charge >= 0.3 is 6.03 Å². The molecule has 2 aliphatic rings. The van der Waals surface area contributed by atoms with Crippen molar-refractivity contribution >= 4 is 11.9 Å².